The number of likely N-dealkylation sites (tertiary alicyclic amines) is 1. The Morgan fingerprint density at radius 2 is 2.08 bits per heavy atom. The van der Waals surface area contributed by atoms with Crippen molar-refractivity contribution in [2.45, 2.75) is 43.7 Å². The van der Waals surface area contributed by atoms with E-state index in [1.165, 1.54) is 4.90 Å². The summed E-state index contributed by atoms with van der Waals surface area (Å²) in [6.45, 7) is 0.666. The maximum Gasteiger partial charge on any atom is 0.410 e. The van der Waals surface area contributed by atoms with E-state index in [1.807, 2.05) is 30.3 Å². The predicted molar refractivity (Wildman–Crippen MR) is 91.1 cm³/mol. The third-order valence-corrected chi connectivity index (χ3v) is 5.45. The first-order valence-electron chi connectivity index (χ1n) is 9.10. The molecule has 1 aromatic carbocycles. The van der Waals surface area contributed by atoms with E-state index < -0.39 is 17.9 Å². The Kier molecular flexibility index (Phi) is 4.56. The lowest BCUT2D eigenvalue weighted by Crippen LogP contribution is -2.65. The van der Waals surface area contributed by atoms with Crippen LogP contribution in [0.25, 0.3) is 0 Å². The summed E-state index contributed by atoms with van der Waals surface area (Å²) in [5.41, 5.74) is -0.104. The quantitative estimate of drug-likeness (QED) is 0.827. The van der Waals surface area contributed by atoms with E-state index in [0.29, 0.717) is 13.0 Å². The number of nitrogens with zero attached hydrogens (tertiary/aromatic N) is 2. The van der Waals surface area contributed by atoms with Gasteiger partial charge in [-0.25, -0.2) is 9.18 Å². The molecule has 2 atom stereocenters. The van der Waals surface area contributed by atoms with Gasteiger partial charge in [0.15, 0.2) is 0 Å². The summed E-state index contributed by atoms with van der Waals surface area (Å²) in [6, 6.07) is 9.62. The summed E-state index contributed by atoms with van der Waals surface area (Å²) in [5.74, 6) is -0.0602. The van der Waals surface area contributed by atoms with Gasteiger partial charge in [-0.3, -0.25) is 4.79 Å². The highest BCUT2D eigenvalue weighted by atomic mass is 19.1. The molecule has 1 saturated carbocycles. The van der Waals surface area contributed by atoms with E-state index in [4.69, 9.17) is 9.47 Å². The SMILES string of the molecule is O=C(OCc1ccccc1)N1CCC2(CN(C3CC3)C(=O)CO2)C(F)C1. The molecule has 1 aliphatic carbocycles. The maximum absolute atomic E-state index is 15.0. The number of rotatable bonds is 3. The number of ether oxygens (including phenoxy) is 2. The molecule has 0 aromatic heterocycles. The highest BCUT2D eigenvalue weighted by Gasteiger charge is 2.52. The van der Waals surface area contributed by atoms with E-state index in [1.54, 1.807) is 4.90 Å². The van der Waals surface area contributed by atoms with E-state index in [2.05, 4.69) is 0 Å². The van der Waals surface area contributed by atoms with Crippen LogP contribution in [0.1, 0.15) is 24.8 Å². The zero-order chi connectivity index (χ0) is 18.1. The van der Waals surface area contributed by atoms with Gasteiger partial charge >= 0.3 is 6.09 Å². The number of carbonyl (C=O) groups excluding carboxylic acids is 2. The number of alkyl halides is 1. The molecule has 2 saturated heterocycles. The molecule has 1 spiro atoms. The molecular weight excluding hydrogens is 339 g/mol. The van der Waals surface area contributed by atoms with Gasteiger partial charge in [0.2, 0.25) is 5.91 Å². The molecule has 2 heterocycles. The van der Waals surface area contributed by atoms with Gasteiger partial charge in [0.25, 0.3) is 0 Å². The standard InChI is InChI=1S/C19H23FN2O4/c20-16-10-21(18(24)25-11-14-4-2-1-3-5-14)9-8-19(16)13-22(15-6-7-15)17(23)12-26-19/h1-5,15-16H,6-13H2. The average molecular weight is 362 g/mol. The topological polar surface area (TPSA) is 59.1 Å². The van der Waals surface area contributed by atoms with Crippen LogP contribution in [-0.2, 0) is 20.9 Å². The van der Waals surface area contributed by atoms with Crippen LogP contribution < -0.4 is 0 Å². The van der Waals surface area contributed by atoms with Crippen molar-refractivity contribution in [1.82, 2.24) is 9.80 Å². The lowest BCUT2D eigenvalue weighted by atomic mass is 9.87. The van der Waals surface area contributed by atoms with Crippen LogP contribution in [0.15, 0.2) is 30.3 Å². The van der Waals surface area contributed by atoms with Crippen LogP contribution in [-0.4, -0.2) is 65.9 Å². The van der Waals surface area contributed by atoms with Gasteiger partial charge in [-0.1, -0.05) is 30.3 Å². The number of hydrogen-bond donors (Lipinski definition) is 0. The normalized spacial score (nSPS) is 29.1. The fourth-order valence-corrected chi connectivity index (χ4v) is 3.68. The fraction of sp³-hybridized carbons (Fsp3) is 0.579. The van der Waals surface area contributed by atoms with Crippen LogP contribution in [0.2, 0.25) is 0 Å². The zero-order valence-corrected chi connectivity index (χ0v) is 14.6. The Morgan fingerprint density at radius 3 is 2.77 bits per heavy atom. The van der Waals surface area contributed by atoms with Gasteiger partial charge in [0.05, 0.1) is 13.1 Å². The van der Waals surface area contributed by atoms with Crippen LogP contribution in [0.4, 0.5) is 9.18 Å². The van der Waals surface area contributed by atoms with Gasteiger partial charge in [-0.2, -0.15) is 0 Å². The maximum atomic E-state index is 15.0. The first-order valence-corrected chi connectivity index (χ1v) is 9.10. The lowest BCUT2D eigenvalue weighted by Gasteiger charge is -2.48. The Bertz CT molecular complexity index is 681. The summed E-state index contributed by atoms with van der Waals surface area (Å²) in [7, 11) is 0. The molecule has 4 rings (SSSR count). The third-order valence-electron chi connectivity index (χ3n) is 5.45. The molecular formula is C19H23FN2O4. The van der Waals surface area contributed by atoms with Crippen LogP contribution >= 0.6 is 0 Å². The molecule has 3 aliphatic rings. The first-order chi connectivity index (χ1) is 12.6. The molecule has 140 valence electrons. The number of morpholine rings is 1. The van der Waals surface area contributed by atoms with Crippen molar-refractivity contribution in [1.29, 1.82) is 0 Å². The summed E-state index contributed by atoms with van der Waals surface area (Å²) in [4.78, 5) is 27.4. The number of benzene rings is 1. The number of amides is 2. The highest BCUT2D eigenvalue weighted by molar-refractivity contribution is 5.79. The molecule has 7 heteroatoms. The van der Waals surface area contributed by atoms with Crippen molar-refractivity contribution in [3.8, 4) is 0 Å². The molecule has 3 fully saturated rings. The van der Waals surface area contributed by atoms with Crippen molar-refractivity contribution < 1.29 is 23.5 Å². The molecule has 2 aliphatic heterocycles. The second kappa shape index (κ2) is 6.87. The van der Waals surface area contributed by atoms with Crippen molar-refractivity contribution in [2.75, 3.05) is 26.2 Å². The number of piperidine rings is 1. The second-order valence-electron chi connectivity index (χ2n) is 7.31. The average Bonchev–Trinajstić information content (AvgIpc) is 3.50. The summed E-state index contributed by atoms with van der Waals surface area (Å²) in [6.07, 6.45) is 0.477. The van der Waals surface area contributed by atoms with Crippen LogP contribution in [0, 0.1) is 0 Å². The molecule has 2 unspecified atom stereocenters. The van der Waals surface area contributed by atoms with E-state index in [9.17, 15) is 14.0 Å². The van der Waals surface area contributed by atoms with E-state index >= 15 is 0 Å². The summed E-state index contributed by atoms with van der Waals surface area (Å²) < 4.78 is 25.9. The predicted octanol–water partition coefficient (Wildman–Crippen LogP) is 2.13. The number of carbonyl (C=O) groups is 2. The minimum Gasteiger partial charge on any atom is -0.445 e. The minimum absolute atomic E-state index is 0.0602. The van der Waals surface area contributed by atoms with E-state index in [0.717, 1.165) is 18.4 Å². The molecule has 26 heavy (non-hydrogen) atoms. The highest BCUT2D eigenvalue weighted by Crippen LogP contribution is 2.37. The van der Waals surface area contributed by atoms with Crippen LogP contribution in [0.3, 0.4) is 0 Å². The summed E-state index contributed by atoms with van der Waals surface area (Å²) >= 11 is 0. The molecule has 0 radical (unpaired) electrons. The molecule has 2 amide bonds. The Morgan fingerprint density at radius 1 is 1.31 bits per heavy atom. The van der Waals surface area contributed by atoms with Crippen molar-refractivity contribution >= 4 is 12.0 Å². The van der Waals surface area contributed by atoms with Crippen molar-refractivity contribution in [2.24, 2.45) is 0 Å². The smallest absolute Gasteiger partial charge is 0.410 e. The molecule has 6 nitrogen and oxygen atoms in total. The van der Waals surface area contributed by atoms with Gasteiger partial charge in [0, 0.05) is 12.6 Å². The number of halogens is 1. The van der Waals surface area contributed by atoms with Crippen molar-refractivity contribution in [3.63, 3.8) is 0 Å². The van der Waals surface area contributed by atoms with Gasteiger partial charge in [-0.05, 0) is 24.8 Å². The second-order valence-corrected chi connectivity index (χ2v) is 7.31. The van der Waals surface area contributed by atoms with E-state index in [-0.39, 0.29) is 38.3 Å². The van der Waals surface area contributed by atoms with Crippen LogP contribution in [0.5, 0.6) is 0 Å². The Hall–Kier alpha value is -2.15. The zero-order valence-electron chi connectivity index (χ0n) is 14.6. The van der Waals surface area contributed by atoms with Gasteiger partial charge in [0.1, 0.15) is 25.0 Å². The lowest BCUT2D eigenvalue weighted by molar-refractivity contribution is -0.187. The molecule has 1 aromatic rings. The summed E-state index contributed by atoms with van der Waals surface area (Å²) in [5, 5.41) is 0. The largest absolute Gasteiger partial charge is 0.445 e. The molecule has 0 N–H and O–H groups in total. The van der Waals surface area contributed by atoms with Gasteiger partial charge in [-0.15, -0.1) is 0 Å². The minimum atomic E-state index is -1.34. The Labute approximate surface area is 151 Å². The first kappa shape index (κ1) is 17.3. The monoisotopic (exact) mass is 362 g/mol. The van der Waals surface area contributed by atoms with Crippen molar-refractivity contribution in [3.05, 3.63) is 35.9 Å². The number of hydrogen-bond acceptors (Lipinski definition) is 4. The third kappa shape index (κ3) is 3.40. The molecule has 0 bridgehead atoms. The fourth-order valence-electron chi connectivity index (χ4n) is 3.68. The Balaban J connectivity index is 1.34. The van der Waals surface area contributed by atoms with Gasteiger partial charge < -0.3 is 19.3 Å².